The van der Waals surface area contributed by atoms with Gasteiger partial charge in [-0.3, -0.25) is 0 Å². The largest absolute Gasteiger partial charge is 0.491 e. The topological polar surface area (TPSA) is 157 Å². The van der Waals surface area contributed by atoms with Gasteiger partial charge >= 0.3 is 5.63 Å². The maximum Gasteiger partial charge on any atom is 0.336 e. The molecule has 0 radical (unpaired) electrons. The quantitative estimate of drug-likeness (QED) is 0.0512. The molecule has 6 rings (SSSR count). The standard InChI is InChI=1S/C40H50O7.C13H14O4/c1-7-33(42)25-45-36-18-10-30(11-19-36)40(5,6)32-14-22-38(23-15-32)47-27-34(43)26-46-37-20-12-31(13-21-37)39(3,4)29-8-16-35(17-9-29)44-24-28(2)41;1-2-10(14)8-16-11-5-3-9-4-6-13(15)17-12(9)7-11/h8-23,28,33-34,41-43H,7,24-27H2,1-6H3;3-7,10,14H,2,8H2,1H3. The van der Waals surface area contributed by atoms with Crippen LogP contribution in [0.25, 0.3) is 11.0 Å². The molecule has 0 saturated carbocycles. The lowest BCUT2D eigenvalue weighted by atomic mass is 9.78. The summed E-state index contributed by atoms with van der Waals surface area (Å²) in [5.41, 5.74) is 4.18. The van der Waals surface area contributed by atoms with Crippen LogP contribution in [0.1, 0.15) is 83.6 Å². The van der Waals surface area contributed by atoms with Crippen LogP contribution >= 0.6 is 0 Å². The van der Waals surface area contributed by atoms with E-state index in [4.69, 9.17) is 28.1 Å². The lowest BCUT2D eigenvalue weighted by Crippen LogP contribution is -2.25. The first-order chi connectivity index (χ1) is 30.6. The van der Waals surface area contributed by atoms with Crippen LogP contribution < -0.4 is 29.3 Å². The minimum absolute atomic E-state index is 0.110. The third kappa shape index (κ3) is 14.3. The molecule has 11 nitrogen and oxygen atoms in total. The molecule has 1 heterocycles. The van der Waals surface area contributed by atoms with Crippen LogP contribution in [0.4, 0.5) is 0 Å². The van der Waals surface area contributed by atoms with E-state index in [1.807, 2.05) is 105 Å². The number of aliphatic hydroxyl groups is 4. The summed E-state index contributed by atoms with van der Waals surface area (Å²) >= 11 is 0. The van der Waals surface area contributed by atoms with Crippen LogP contribution in [0.2, 0.25) is 0 Å². The summed E-state index contributed by atoms with van der Waals surface area (Å²) in [4.78, 5) is 11.1. The van der Waals surface area contributed by atoms with Gasteiger partial charge in [0.15, 0.2) is 0 Å². The van der Waals surface area contributed by atoms with E-state index in [0.717, 1.165) is 39.1 Å². The fraction of sp³-hybridized carbons (Fsp3) is 0.377. The summed E-state index contributed by atoms with van der Waals surface area (Å²) in [5.74, 6) is 3.40. The molecule has 0 spiro atoms. The van der Waals surface area contributed by atoms with Gasteiger partial charge in [0, 0.05) is 28.3 Å². The number of benzene rings is 5. The Hall–Kier alpha value is -5.85. The smallest absolute Gasteiger partial charge is 0.336 e. The van der Waals surface area contributed by atoms with Gasteiger partial charge in [-0.1, -0.05) is 90.1 Å². The van der Waals surface area contributed by atoms with Crippen LogP contribution in [0, 0.1) is 0 Å². The molecule has 0 aliphatic rings. The first-order valence-electron chi connectivity index (χ1n) is 21.9. The van der Waals surface area contributed by atoms with Gasteiger partial charge in [0.05, 0.1) is 18.3 Å². The van der Waals surface area contributed by atoms with E-state index in [9.17, 15) is 25.2 Å². The van der Waals surface area contributed by atoms with E-state index in [-0.39, 0.29) is 49.5 Å². The molecule has 4 atom stereocenters. The van der Waals surface area contributed by atoms with E-state index in [1.165, 1.54) is 6.07 Å². The molecule has 342 valence electrons. The molecule has 5 aromatic carbocycles. The Balaban J connectivity index is 0.000000377. The molecule has 0 aliphatic carbocycles. The maximum atomic E-state index is 11.1. The summed E-state index contributed by atoms with van der Waals surface area (Å²) in [7, 11) is 0. The van der Waals surface area contributed by atoms with E-state index < -0.39 is 24.4 Å². The third-order valence-corrected chi connectivity index (χ3v) is 11.1. The lowest BCUT2D eigenvalue weighted by molar-refractivity contribution is 0.0626. The number of hydrogen-bond donors (Lipinski definition) is 4. The molecule has 64 heavy (non-hydrogen) atoms. The second-order valence-corrected chi connectivity index (χ2v) is 17.0. The van der Waals surface area contributed by atoms with Crippen molar-refractivity contribution in [1.82, 2.24) is 0 Å². The predicted molar refractivity (Wildman–Crippen MR) is 250 cm³/mol. The van der Waals surface area contributed by atoms with E-state index >= 15 is 0 Å². The molecule has 0 fully saturated rings. The van der Waals surface area contributed by atoms with Gasteiger partial charge in [-0.2, -0.15) is 0 Å². The Morgan fingerprint density at radius 1 is 0.453 bits per heavy atom. The number of aliphatic hydroxyl groups excluding tert-OH is 4. The normalized spacial score (nSPS) is 13.5. The molecule has 4 N–H and O–H groups in total. The van der Waals surface area contributed by atoms with Crippen LogP contribution in [-0.4, -0.2) is 77.9 Å². The zero-order valence-electron chi connectivity index (χ0n) is 38.0. The highest BCUT2D eigenvalue weighted by molar-refractivity contribution is 5.77. The minimum Gasteiger partial charge on any atom is -0.491 e. The summed E-state index contributed by atoms with van der Waals surface area (Å²) in [6, 6.07) is 40.1. The Labute approximate surface area is 376 Å². The molecule has 11 heteroatoms. The highest BCUT2D eigenvalue weighted by atomic mass is 16.5. The number of hydrogen-bond acceptors (Lipinski definition) is 11. The van der Waals surface area contributed by atoms with Crippen LogP contribution in [-0.2, 0) is 10.8 Å². The van der Waals surface area contributed by atoms with Crippen molar-refractivity contribution in [1.29, 1.82) is 0 Å². The van der Waals surface area contributed by atoms with Gasteiger partial charge in [0.25, 0.3) is 0 Å². The summed E-state index contributed by atoms with van der Waals surface area (Å²) in [5, 5.41) is 39.9. The van der Waals surface area contributed by atoms with Crippen molar-refractivity contribution in [2.75, 3.05) is 33.0 Å². The number of rotatable bonds is 21. The molecule has 1 aromatic heterocycles. The molecule has 4 unspecified atom stereocenters. The lowest BCUT2D eigenvalue weighted by Gasteiger charge is -2.27. The highest BCUT2D eigenvalue weighted by Crippen LogP contribution is 2.35. The molecule has 0 bridgehead atoms. The monoisotopic (exact) mass is 876 g/mol. The zero-order chi connectivity index (χ0) is 46.3. The summed E-state index contributed by atoms with van der Waals surface area (Å²) in [6.07, 6.45) is -0.946. The van der Waals surface area contributed by atoms with E-state index in [0.29, 0.717) is 35.7 Å². The van der Waals surface area contributed by atoms with Crippen molar-refractivity contribution in [2.24, 2.45) is 0 Å². The van der Waals surface area contributed by atoms with Crippen molar-refractivity contribution in [3.05, 3.63) is 160 Å². The Morgan fingerprint density at radius 3 is 1.12 bits per heavy atom. The summed E-state index contributed by atoms with van der Waals surface area (Å²) < 4.78 is 33.4. The summed E-state index contributed by atoms with van der Waals surface area (Å²) in [6.45, 7) is 15.2. The Morgan fingerprint density at radius 2 is 0.766 bits per heavy atom. The first-order valence-corrected chi connectivity index (χ1v) is 21.9. The molecule has 0 saturated heterocycles. The van der Waals surface area contributed by atoms with Gasteiger partial charge in [-0.25, -0.2) is 4.79 Å². The second kappa shape index (κ2) is 23.2. The second-order valence-electron chi connectivity index (χ2n) is 17.0. The van der Waals surface area contributed by atoms with E-state index in [2.05, 4.69) is 39.8 Å². The van der Waals surface area contributed by atoms with Crippen LogP contribution in [0.15, 0.2) is 137 Å². The Bertz CT molecular complexity index is 2350. The fourth-order valence-electron chi connectivity index (χ4n) is 6.61. The van der Waals surface area contributed by atoms with Gasteiger partial charge in [0.1, 0.15) is 73.5 Å². The molecule has 0 aliphatic heterocycles. The van der Waals surface area contributed by atoms with Crippen LogP contribution in [0.5, 0.6) is 28.7 Å². The van der Waals surface area contributed by atoms with Crippen molar-refractivity contribution in [3.63, 3.8) is 0 Å². The van der Waals surface area contributed by atoms with Gasteiger partial charge in [-0.05, 0) is 109 Å². The van der Waals surface area contributed by atoms with Crippen molar-refractivity contribution >= 4 is 11.0 Å². The highest BCUT2D eigenvalue weighted by Gasteiger charge is 2.25. The van der Waals surface area contributed by atoms with Gasteiger partial charge < -0.3 is 48.5 Å². The number of fused-ring (bicyclic) bond motifs is 1. The predicted octanol–water partition coefficient (Wildman–Crippen LogP) is 9.01. The third-order valence-electron chi connectivity index (χ3n) is 11.1. The maximum absolute atomic E-state index is 11.1. The van der Waals surface area contributed by atoms with Gasteiger partial charge in [-0.15, -0.1) is 0 Å². The van der Waals surface area contributed by atoms with Crippen LogP contribution in [0.3, 0.4) is 0 Å². The van der Waals surface area contributed by atoms with Crippen molar-refractivity contribution in [3.8, 4) is 28.7 Å². The minimum atomic E-state index is -0.795. The Kier molecular flexibility index (Phi) is 17.8. The molecule has 6 aromatic rings. The van der Waals surface area contributed by atoms with Gasteiger partial charge in [0.2, 0.25) is 0 Å². The first kappa shape index (κ1) is 49.2. The SMILES string of the molecule is CCC(O)COc1ccc(C(C)(C)c2ccc(OCC(O)COc3ccc(C(C)(C)c4ccc(OCC(C)O)cc4)cc3)cc2)cc1.CCC(O)COc1ccc2ccc(=O)oc2c1. The zero-order valence-corrected chi connectivity index (χ0v) is 38.0. The molecular formula is C53H64O11. The number of ether oxygens (including phenoxy) is 5. The average Bonchev–Trinajstić information content (AvgIpc) is 3.31. The molecular weight excluding hydrogens is 813 g/mol. The molecule has 0 amide bonds. The average molecular weight is 877 g/mol. The van der Waals surface area contributed by atoms with Crippen molar-refractivity contribution in [2.45, 2.75) is 96.6 Å². The fourth-order valence-corrected chi connectivity index (χ4v) is 6.61. The van der Waals surface area contributed by atoms with E-state index in [1.54, 1.807) is 25.1 Å². The van der Waals surface area contributed by atoms with Crippen molar-refractivity contribution < 1.29 is 48.5 Å².